The van der Waals surface area contributed by atoms with E-state index in [0.717, 1.165) is 12.0 Å². The highest BCUT2D eigenvalue weighted by molar-refractivity contribution is 9.09. The maximum atomic E-state index is 5.48. The fourth-order valence-corrected chi connectivity index (χ4v) is 2.86. The first-order valence-corrected chi connectivity index (χ1v) is 7.67. The van der Waals surface area contributed by atoms with Crippen LogP contribution < -0.4 is 0 Å². The Morgan fingerprint density at radius 1 is 1.17 bits per heavy atom. The Labute approximate surface area is 118 Å². The molecule has 1 aliphatic heterocycles. The topological polar surface area (TPSA) is 18.5 Å². The summed E-state index contributed by atoms with van der Waals surface area (Å²) in [5.74, 6) is 0. The number of ether oxygens (including phenoxy) is 2. The van der Waals surface area contributed by atoms with Crippen molar-refractivity contribution in [3.63, 3.8) is 0 Å². The van der Waals surface area contributed by atoms with Gasteiger partial charge in [-0.05, 0) is 24.8 Å². The number of benzene rings is 1. The summed E-state index contributed by atoms with van der Waals surface area (Å²) in [4.78, 5) is 0.642. The lowest BCUT2D eigenvalue weighted by Crippen LogP contribution is -2.01. The second-order valence-corrected chi connectivity index (χ2v) is 6.03. The van der Waals surface area contributed by atoms with Gasteiger partial charge in [-0.2, -0.15) is 0 Å². The summed E-state index contributed by atoms with van der Waals surface area (Å²) in [7, 11) is 0. The zero-order chi connectivity index (χ0) is 12.8. The molecule has 0 amide bonds. The largest absolute Gasteiger partial charge is 0.346 e. The Hall–Kier alpha value is -0.380. The first-order valence-electron chi connectivity index (χ1n) is 6.75. The molecule has 3 heteroatoms. The van der Waals surface area contributed by atoms with Crippen molar-refractivity contribution < 1.29 is 9.47 Å². The fourth-order valence-electron chi connectivity index (χ4n) is 2.17. The Bertz CT molecular complexity index is 344. The van der Waals surface area contributed by atoms with Crippen LogP contribution in [0.4, 0.5) is 0 Å². The molecular formula is C15H21BrO2. The Morgan fingerprint density at radius 2 is 1.83 bits per heavy atom. The molecule has 0 bridgehead atoms. The molecule has 1 aromatic rings. The molecule has 0 N–H and O–H groups in total. The highest BCUT2D eigenvalue weighted by Gasteiger charge is 2.17. The molecule has 0 saturated carbocycles. The van der Waals surface area contributed by atoms with E-state index in [-0.39, 0.29) is 6.29 Å². The third-order valence-electron chi connectivity index (χ3n) is 3.22. The van der Waals surface area contributed by atoms with Gasteiger partial charge in [0.15, 0.2) is 6.29 Å². The van der Waals surface area contributed by atoms with Crippen molar-refractivity contribution in [2.75, 3.05) is 13.2 Å². The summed E-state index contributed by atoms with van der Waals surface area (Å²) < 4.78 is 11.0. The van der Waals surface area contributed by atoms with Crippen LogP contribution in [-0.4, -0.2) is 18.0 Å². The summed E-state index contributed by atoms with van der Waals surface area (Å²) >= 11 is 3.72. The van der Waals surface area contributed by atoms with Crippen LogP contribution in [-0.2, 0) is 15.9 Å². The van der Waals surface area contributed by atoms with Crippen molar-refractivity contribution in [3.8, 4) is 0 Å². The number of hydrogen-bond donors (Lipinski definition) is 0. The van der Waals surface area contributed by atoms with Gasteiger partial charge in [-0.1, -0.05) is 53.5 Å². The minimum absolute atomic E-state index is 0.150. The van der Waals surface area contributed by atoms with Crippen LogP contribution in [0.5, 0.6) is 0 Å². The summed E-state index contributed by atoms with van der Waals surface area (Å²) in [5, 5.41) is 0. The summed E-state index contributed by atoms with van der Waals surface area (Å²) in [5.41, 5.74) is 2.51. The summed E-state index contributed by atoms with van der Waals surface area (Å²) in [6.45, 7) is 3.63. The minimum atomic E-state index is -0.150. The van der Waals surface area contributed by atoms with E-state index in [9.17, 15) is 0 Å². The summed E-state index contributed by atoms with van der Waals surface area (Å²) in [6, 6.07) is 8.61. The standard InChI is InChI=1S/C15H21BrO2/c1-2-3-14(16)9-6-12-4-7-13(8-5-12)15-17-10-11-18-15/h4-5,7-8,14-15H,2-3,6,9-11H2,1H3. The first-order chi connectivity index (χ1) is 8.79. The number of alkyl halides is 1. The molecule has 1 fully saturated rings. The number of hydrogen-bond acceptors (Lipinski definition) is 2. The van der Waals surface area contributed by atoms with Gasteiger partial charge in [0.1, 0.15) is 0 Å². The maximum absolute atomic E-state index is 5.48. The van der Waals surface area contributed by atoms with Gasteiger partial charge in [0.2, 0.25) is 0 Å². The molecule has 2 nitrogen and oxygen atoms in total. The lowest BCUT2D eigenvalue weighted by atomic mass is 10.0. The summed E-state index contributed by atoms with van der Waals surface area (Å²) in [6.07, 6.45) is 4.67. The van der Waals surface area contributed by atoms with E-state index in [1.165, 1.54) is 24.8 Å². The molecule has 1 atom stereocenters. The quantitative estimate of drug-likeness (QED) is 0.732. The Morgan fingerprint density at radius 3 is 2.44 bits per heavy atom. The third-order valence-corrected chi connectivity index (χ3v) is 4.14. The van der Waals surface area contributed by atoms with Gasteiger partial charge in [0.05, 0.1) is 13.2 Å². The van der Waals surface area contributed by atoms with Crippen molar-refractivity contribution in [2.24, 2.45) is 0 Å². The zero-order valence-electron chi connectivity index (χ0n) is 10.9. The van der Waals surface area contributed by atoms with Gasteiger partial charge in [-0.15, -0.1) is 0 Å². The van der Waals surface area contributed by atoms with Crippen LogP contribution in [0, 0.1) is 0 Å². The molecule has 0 aliphatic carbocycles. The SMILES string of the molecule is CCCC(Br)CCc1ccc(C2OCCO2)cc1. The van der Waals surface area contributed by atoms with Crippen LogP contribution in [0.15, 0.2) is 24.3 Å². The number of aryl methyl sites for hydroxylation is 1. The van der Waals surface area contributed by atoms with Crippen molar-refractivity contribution in [3.05, 3.63) is 35.4 Å². The van der Waals surface area contributed by atoms with E-state index in [1.54, 1.807) is 0 Å². The van der Waals surface area contributed by atoms with Gasteiger partial charge < -0.3 is 9.47 Å². The highest BCUT2D eigenvalue weighted by Crippen LogP contribution is 2.24. The lowest BCUT2D eigenvalue weighted by molar-refractivity contribution is -0.0441. The van der Waals surface area contributed by atoms with E-state index >= 15 is 0 Å². The molecule has 18 heavy (non-hydrogen) atoms. The molecule has 1 saturated heterocycles. The first kappa shape index (κ1) is 14.0. The van der Waals surface area contributed by atoms with E-state index in [1.807, 2.05) is 0 Å². The predicted octanol–water partition coefficient (Wildman–Crippen LogP) is 4.23. The van der Waals surface area contributed by atoms with E-state index in [0.29, 0.717) is 18.0 Å². The van der Waals surface area contributed by atoms with Gasteiger partial charge in [0.25, 0.3) is 0 Å². The maximum Gasteiger partial charge on any atom is 0.184 e. The molecule has 1 aliphatic rings. The van der Waals surface area contributed by atoms with Crippen LogP contribution in [0.1, 0.15) is 43.6 Å². The van der Waals surface area contributed by atoms with E-state index < -0.39 is 0 Å². The normalized spacial score (nSPS) is 18.1. The van der Waals surface area contributed by atoms with Gasteiger partial charge >= 0.3 is 0 Å². The Kier molecular flexibility index (Phi) is 5.67. The second-order valence-electron chi connectivity index (χ2n) is 4.74. The monoisotopic (exact) mass is 312 g/mol. The number of halogens is 1. The third kappa shape index (κ3) is 4.08. The molecule has 0 radical (unpaired) electrons. The molecule has 0 aromatic heterocycles. The zero-order valence-corrected chi connectivity index (χ0v) is 12.5. The molecule has 1 heterocycles. The van der Waals surface area contributed by atoms with Crippen molar-refractivity contribution in [2.45, 2.75) is 43.7 Å². The van der Waals surface area contributed by atoms with Crippen LogP contribution in [0.25, 0.3) is 0 Å². The van der Waals surface area contributed by atoms with Crippen LogP contribution >= 0.6 is 15.9 Å². The fraction of sp³-hybridized carbons (Fsp3) is 0.600. The van der Waals surface area contributed by atoms with Crippen molar-refractivity contribution in [1.29, 1.82) is 0 Å². The average molecular weight is 313 g/mol. The predicted molar refractivity (Wildman–Crippen MR) is 77.0 cm³/mol. The van der Waals surface area contributed by atoms with Crippen molar-refractivity contribution >= 4 is 15.9 Å². The van der Waals surface area contributed by atoms with Crippen LogP contribution in [0.2, 0.25) is 0 Å². The average Bonchev–Trinajstić information content (AvgIpc) is 2.91. The highest BCUT2D eigenvalue weighted by atomic mass is 79.9. The van der Waals surface area contributed by atoms with Crippen molar-refractivity contribution in [1.82, 2.24) is 0 Å². The Balaban J connectivity index is 1.83. The molecule has 1 unspecified atom stereocenters. The minimum Gasteiger partial charge on any atom is -0.346 e. The lowest BCUT2D eigenvalue weighted by Gasteiger charge is -2.11. The van der Waals surface area contributed by atoms with Gasteiger partial charge in [-0.25, -0.2) is 0 Å². The smallest absolute Gasteiger partial charge is 0.184 e. The molecule has 1 aromatic carbocycles. The van der Waals surface area contributed by atoms with Gasteiger partial charge in [-0.3, -0.25) is 0 Å². The van der Waals surface area contributed by atoms with Gasteiger partial charge in [0, 0.05) is 10.4 Å². The molecule has 100 valence electrons. The van der Waals surface area contributed by atoms with E-state index in [4.69, 9.17) is 9.47 Å². The number of rotatable bonds is 6. The molecule has 0 spiro atoms. The molecular weight excluding hydrogens is 292 g/mol. The van der Waals surface area contributed by atoms with Crippen LogP contribution in [0.3, 0.4) is 0 Å². The molecule has 2 rings (SSSR count). The second kappa shape index (κ2) is 7.27. The van der Waals surface area contributed by atoms with E-state index in [2.05, 4.69) is 47.1 Å².